The van der Waals surface area contributed by atoms with Crippen molar-refractivity contribution in [1.82, 2.24) is 0 Å². The normalized spacial score (nSPS) is 11.4. The van der Waals surface area contributed by atoms with E-state index in [1.165, 1.54) is 19.3 Å². The van der Waals surface area contributed by atoms with Gasteiger partial charge in [0.25, 0.3) is 0 Å². The summed E-state index contributed by atoms with van der Waals surface area (Å²) in [6, 6.07) is 9.68. The van der Waals surface area contributed by atoms with E-state index in [-0.39, 0.29) is 0 Å². The lowest BCUT2D eigenvalue weighted by Crippen LogP contribution is -2.15. The number of para-hydroxylation sites is 1. The molecule has 1 aromatic rings. The van der Waals surface area contributed by atoms with Gasteiger partial charge in [0.2, 0.25) is 0 Å². The molecule has 12 nitrogen and oxygen atoms in total. The molecule has 270 valence electrons. The first-order valence-corrected chi connectivity index (χ1v) is 17.0. The average Bonchev–Trinajstić information content (AvgIpc) is 3.08. The minimum absolute atomic E-state index is 0.516. The molecule has 1 rings (SSSR count). The van der Waals surface area contributed by atoms with E-state index in [2.05, 4.69) is 6.92 Å². The number of rotatable bonds is 39. The maximum atomic E-state index is 5.55. The van der Waals surface area contributed by atoms with Crippen molar-refractivity contribution >= 4 is 0 Å². The van der Waals surface area contributed by atoms with Crippen LogP contribution in [-0.4, -0.2) is 152 Å². The van der Waals surface area contributed by atoms with Crippen molar-refractivity contribution in [3.8, 4) is 5.75 Å². The summed E-state index contributed by atoms with van der Waals surface area (Å²) < 4.78 is 65.9. The fourth-order valence-electron chi connectivity index (χ4n) is 3.67. The molecule has 12 heteroatoms. The summed E-state index contributed by atoms with van der Waals surface area (Å²) in [4.78, 5) is 0. The molecule has 0 aliphatic carbocycles. The highest BCUT2D eigenvalue weighted by atomic mass is 16.6. The van der Waals surface area contributed by atoms with Gasteiger partial charge in [-0.2, -0.15) is 0 Å². The number of unbranched alkanes of at least 4 members (excludes halogenated alkanes) is 3. The van der Waals surface area contributed by atoms with Gasteiger partial charge in [-0.3, -0.25) is 0 Å². The van der Waals surface area contributed by atoms with Gasteiger partial charge >= 0.3 is 0 Å². The van der Waals surface area contributed by atoms with Crippen molar-refractivity contribution < 1.29 is 56.8 Å². The average molecular weight is 663 g/mol. The number of hydrogen-bond donors (Lipinski definition) is 0. The molecule has 0 aliphatic heterocycles. The third kappa shape index (κ3) is 33.9. The Kier molecular flexibility index (Phi) is 35.2. The second kappa shape index (κ2) is 38.0. The van der Waals surface area contributed by atoms with Gasteiger partial charge in [0.15, 0.2) is 0 Å². The van der Waals surface area contributed by atoms with Crippen molar-refractivity contribution in [2.75, 3.05) is 152 Å². The molecule has 0 aliphatic rings. The van der Waals surface area contributed by atoms with E-state index in [0.717, 1.165) is 18.8 Å². The third-order valence-electron chi connectivity index (χ3n) is 6.10. The van der Waals surface area contributed by atoms with Crippen LogP contribution in [0.3, 0.4) is 0 Å². The van der Waals surface area contributed by atoms with Crippen molar-refractivity contribution in [3.05, 3.63) is 30.3 Å². The Morgan fingerprint density at radius 1 is 0.304 bits per heavy atom. The first kappa shape index (κ1) is 42.6. The van der Waals surface area contributed by atoms with E-state index in [1.54, 1.807) is 0 Å². The van der Waals surface area contributed by atoms with E-state index in [9.17, 15) is 0 Å². The molecule has 0 saturated heterocycles. The van der Waals surface area contributed by atoms with Crippen LogP contribution in [0.4, 0.5) is 0 Å². The predicted octanol–water partition coefficient (Wildman–Crippen LogP) is 3.83. The Morgan fingerprint density at radius 3 is 0.891 bits per heavy atom. The SMILES string of the molecule is CCCCCCOCCOCCOCCOCCOCCOCCOCCOCCOCCOCCOCCOc1ccccc1. The Labute approximate surface area is 277 Å². The minimum Gasteiger partial charge on any atom is -0.491 e. The summed E-state index contributed by atoms with van der Waals surface area (Å²) in [6.45, 7) is 14.8. The monoisotopic (exact) mass is 662 g/mol. The van der Waals surface area contributed by atoms with Gasteiger partial charge < -0.3 is 56.8 Å². The van der Waals surface area contributed by atoms with Gasteiger partial charge in [0.05, 0.1) is 139 Å². The van der Waals surface area contributed by atoms with Crippen LogP contribution in [0, 0.1) is 0 Å². The van der Waals surface area contributed by atoms with Gasteiger partial charge in [-0.25, -0.2) is 0 Å². The molecule has 0 bridgehead atoms. The van der Waals surface area contributed by atoms with Crippen LogP contribution in [0.1, 0.15) is 32.6 Å². The number of benzene rings is 1. The molecule has 0 unspecified atom stereocenters. The summed E-state index contributed by atoms with van der Waals surface area (Å²) in [5.74, 6) is 0.846. The largest absolute Gasteiger partial charge is 0.491 e. The standard InChI is InChI=1S/C34H62O12/c1-2-3-4-8-11-35-12-13-36-14-15-37-16-17-38-18-19-39-20-21-40-22-23-41-24-25-42-26-27-43-28-29-44-30-31-45-32-33-46-34-9-6-5-7-10-34/h5-7,9-10H,2-4,8,11-33H2,1H3. The third-order valence-corrected chi connectivity index (χ3v) is 6.10. The van der Waals surface area contributed by atoms with E-state index >= 15 is 0 Å². The molecule has 0 aromatic heterocycles. The van der Waals surface area contributed by atoms with Gasteiger partial charge in [0, 0.05) is 6.61 Å². The number of hydrogen-bond acceptors (Lipinski definition) is 12. The molecule has 0 amide bonds. The van der Waals surface area contributed by atoms with Crippen molar-refractivity contribution in [3.63, 3.8) is 0 Å². The topological polar surface area (TPSA) is 111 Å². The van der Waals surface area contributed by atoms with Crippen LogP contribution in [-0.2, 0) is 52.1 Å². The molecule has 0 N–H and O–H groups in total. The van der Waals surface area contributed by atoms with Crippen LogP contribution in [0.2, 0.25) is 0 Å². The molecule has 0 fully saturated rings. The van der Waals surface area contributed by atoms with Crippen molar-refractivity contribution in [2.24, 2.45) is 0 Å². The van der Waals surface area contributed by atoms with Crippen LogP contribution < -0.4 is 4.74 Å². The highest BCUT2D eigenvalue weighted by molar-refractivity contribution is 5.20. The fraction of sp³-hybridized carbons (Fsp3) is 0.824. The molecular weight excluding hydrogens is 600 g/mol. The Bertz CT molecular complexity index is 685. The lowest BCUT2D eigenvalue weighted by Gasteiger charge is -2.09. The maximum absolute atomic E-state index is 5.55. The fourth-order valence-corrected chi connectivity index (χ4v) is 3.67. The van der Waals surface area contributed by atoms with Gasteiger partial charge in [-0.05, 0) is 18.6 Å². The highest BCUT2D eigenvalue weighted by Gasteiger charge is 1.97. The lowest BCUT2D eigenvalue weighted by atomic mass is 10.2. The van der Waals surface area contributed by atoms with E-state index < -0.39 is 0 Å². The molecule has 0 spiro atoms. The molecule has 0 heterocycles. The summed E-state index contributed by atoms with van der Waals surface area (Å²) >= 11 is 0. The Hall–Kier alpha value is -1.42. The van der Waals surface area contributed by atoms with Gasteiger partial charge in [-0.15, -0.1) is 0 Å². The molecule has 0 radical (unpaired) electrons. The van der Waals surface area contributed by atoms with Crippen LogP contribution >= 0.6 is 0 Å². The first-order valence-electron chi connectivity index (χ1n) is 17.0. The predicted molar refractivity (Wildman–Crippen MR) is 175 cm³/mol. The zero-order chi connectivity index (χ0) is 32.7. The van der Waals surface area contributed by atoms with E-state index in [4.69, 9.17) is 56.8 Å². The van der Waals surface area contributed by atoms with Crippen LogP contribution in [0.15, 0.2) is 30.3 Å². The van der Waals surface area contributed by atoms with E-state index in [1.807, 2.05) is 30.3 Å². The molecular formula is C34H62O12. The van der Waals surface area contributed by atoms with Crippen molar-refractivity contribution in [1.29, 1.82) is 0 Å². The van der Waals surface area contributed by atoms with Crippen LogP contribution in [0.25, 0.3) is 0 Å². The van der Waals surface area contributed by atoms with Crippen LogP contribution in [0.5, 0.6) is 5.75 Å². The number of ether oxygens (including phenoxy) is 12. The second-order valence-corrected chi connectivity index (χ2v) is 9.96. The summed E-state index contributed by atoms with van der Waals surface area (Å²) in [5.41, 5.74) is 0. The summed E-state index contributed by atoms with van der Waals surface area (Å²) in [7, 11) is 0. The van der Waals surface area contributed by atoms with Gasteiger partial charge in [0.1, 0.15) is 12.4 Å². The Balaban J connectivity index is 1.61. The zero-order valence-electron chi connectivity index (χ0n) is 28.4. The zero-order valence-corrected chi connectivity index (χ0v) is 28.4. The highest BCUT2D eigenvalue weighted by Crippen LogP contribution is 2.07. The second-order valence-electron chi connectivity index (χ2n) is 9.96. The lowest BCUT2D eigenvalue weighted by molar-refractivity contribution is -0.0277. The first-order chi connectivity index (χ1) is 22.9. The smallest absolute Gasteiger partial charge is 0.119 e. The maximum Gasteiger partial charge on any atom is 0.119 e. The summed E-state index contributed by atoms with van der Waals surface area (Å²) in [5, 5.41) is 0. The van der Waals surface area contributed by atoms with E-state index in [0.29, 0.717) is 145 Å². The summed E-state index contributed by atoms with van der Waals surface area (Å²) in [6.07, 6.45) is 4.90. The molecule has 1 aromatic carbocycles. The minimum atomic E-state index is 0.516. The van der Waals surface area contributed by atoms with Gasteiger partial charge in [-0.1, -0.05) is 44.4 Å². The Morgan fingerprint density at radius 2 is 0.587 bits per heavy atom. The van der Waals surface area contributed by atoms with Crippen molar-refractivity contribution in [2.45, 2.75) is 32.6 Å². The molecule has 46 heavy (non-hydrogen) atoms. The molecule has 0 atom stereocenters. The molecule has 0 saturated carbocycles. The quantitative estimate of drug-likeness (QED) is 0.0956.